The average Bonchev–Trinajstić information content (AvgIpc) is 3.32. The van der Waals surface area contributed by atoms with E-state index in [1.54, 1.807) is 0 Å². The zero-order valence-corrected chi connectivity index (χ0v) is 20.1. The maximum atomic E-state index is 13.5. The van der Waals surface area contributed by atoms with Crippen LogP contribution in [0, 0.1) is 6.92 Å². The molecule has 0 saturated heterocycles. The first-order valence-electron chi connectivity index (χ1n) is 12.0. The predicted octanol–water partition coefficient (Wildman–Crippen LogP) is 6.50. The maximum absolute atomic E-state index is 13.5. The number of hydrogen-bond acceptors (Lipinski definition) is 2. The number of nitrogens with zero attached hydrogens (tertiary/aromatic N) is 2. The lowest BCUT2D eigenvalue weighted by Crippen LogP contribution is -2.26. The smallest absolute Gasteiger partial charge is 0.252 e. The van der Waals surface area contributed by atoms with Crippen LogP contribution in [0.5, 0.6) is 0 Å². The number of rotatable bonds is 7. The summed E-state index contributed by atoms with van der Waals surface area (Å²) >= 11 is 0. The molecule has 0 saturated carbocycles. The van der Waals surface area contributed by atoms with Crippen LogP contribution < -0.4 is 5.32 Å². The lowest BCUT2D eigenvalue weighted by Gasteiger charge is -2.19. The molecule has 0 aliphatic rings. The molecule has 0 spiro atoms. The molecule has 0 unspecified atom stereocenters. The van der Waals surface area contributed by atoms with Crippen molar-refractivity contribution in [3.05, 3.63) is 126 Å². The molecule has 0 atom stereocenters. The van der Waals surface area contributed by atoms with Crippen LogP contribution in [0.4, 0.5) is 0 Å². The summed E-state index contributed by atoms with van der Waals surface area (Å²) < 4.78 is 2.02. The van der Waals surface area contributed by atoms with E-state index in [1.807, 2.05) is 73.3 Å². The number of carbonyl (C=O) groups is 1. The number of pyridine rings is 1. The molecule has 0 fully saturated rings. The lowest BCUT2D eigenvalue weighted by atomic mass is 9.88. The fourth-order valence-electron chi connectivity index (χ4n) is 4.71. The van der Waals surface area contributed by atoms with Crippen LogP contribution in [0.25, 0.3) is 22.3 Å². The number of amides is 1. The molecule has 1 N–H and O–H groups in total. The van der Waals surface area contributed by atoms with E-state index in [4.69, 9.17) is 4.98 Å². The highest BCUT2D eigenvalue weighted by molar-refractivity contribution is 6.07. The molecule has 35 heavy (non-hydrogen) atoms. The minimum atomic E-state index is -0.0710. The summed E-state index contributed by atoms with van der Waals surface area (Å²) in [5.41, 5.74) is 6.87. The molecule has 0 bridgehead atoms. The van der Waals surface area contributed by atoms with Gasteiger partial charge in [0.25, 0.3) is 5.91 Å². The SMILES string of the molecule is Cc1ccc2nc(-c3cccn3C)cc(C(=O)NCCC(c3ccccc3)c3ccccc3)c2c1. The third-order valence-electron chi connectivity index (χ3n) is 6.54. The summed E-state index contributed by atoms with van der Waals surface area (Å²) in [5, 5.41) is 4.07. The number of aromatic nitrogens is 2. The Morgan fingerprint density at radius 2 is 1.57 bits per heavy atom. The molecule has 0 radical (unpaired) electrons. The van der Waals surface area contributed by atoms with Gasteiger partial charge < -0.3 is 9.88 Å². The second-order valence-corrected chi connectivity index (χ2v) is 9.00. The summed E-state index contributed by atoms with van der Waals surface area (Å²) in [4.78, 5) is 18.3. The topological polar surface area (TPSA) is 46.9 Å². The number of hydrogen-bond donors (Lipinski definition) is 1. The number of benzene rings is 3. The summed E-state index contributed by atoms with van der Waals surface area (Å²) in [6.45, 7) is 2.61. The highest BCUT2D eigenvalue weighted by Crippen LogP contribution is 2.28. The third-order valence-corrected chi connectivity index (χ3v) is 6.54. The Labute approximate surface area is 206 Å². The van der Waals surface area contributed by atoms with Crippen molar-refractivity contribution in [2.24, 2.45) is 7.05 Å². The Morgan fingerprint density at radius 3 is 2.20 bits per heavy atom. The fraction of sp³-hybridized carbons (Fsp3) is 0.161. The second-order valence-electron chi connectivity index (χ2n) is 9.00. The Hall–Kier alpha value is -4.18. The molecule has 0 aliphatic heterocycles. The van der Waals surface area contributed by atoms with Crippen molar-refractivity contribution in [3.8, 4) is 11.4 Å². The van der Waals surface area contributed by atoms with Gasteiger partial charge in [-0.05, 0) is 54.8 Å². The highest BCUT2D eigenvalue weighted by atomic mass is 16.1. The first kappa shape index (κ1) is 22.6. The molecule has 1 amide bonds. The van der Waals surface area contributed by atoms with Crippen LogP contribution in [0.3, 0.4) is 0 Å². The van der Waals surface area contributed by atoms with E-state index in [1.165, 1.54) is 11.1 Å². The normalized spacial score (nSPS) is 11.2. The molecule has 0 aliphatic carbocycles. The standard InChI is InChI=1S/C31H29N3O/c1-22-15-16-28-26(20-22)27(21-29(33-28)30-14-9-19-34(30)2)31(35)32-18-17-25(23-10-5-3-6-11-23)24-12-7-4-8-13-24/h3-16,19-21,25H,17-18H2,1-2H3,(H,32,35). The van der Waals surface area contributed by atoms with Gasteiger partial charge >= 0.3 is 0 Å². The van der Waals surface area contributed by atoms with Crippen molar-refractivity contribution in [2.45, 2.75) is 19.3 Å². The van der Waals surface area contributed by atoms with E-state index in [-0.39, 0.29) is 11.8 Å². The summed E-state index contributed by atoms with van der Waals surface area (Å²) in [7, 11) is 1.99. The summed E-state index contributed by atoms with van der Waals surface area (Å²) in [5.74, 6) is 0.145. The van der Waals surface area contributed by atoms with Gasteiger partial charge in [-0.15, -0.1) is 0 Å². The van der Waals surface area contributed by atoms with Crippen LogP contribution in [0.15, 0.2) is 103 Å². The Kier molecular flexibility index (Phi) is 6.44. The molecular weight excluding hydrogens is 430 g/mol. The highest BCUT2D eigenvalue weighted by Gasteiger charge is 2.17. The largest absolute Gasteiger partial charge is 0.352 e. The Morgan fingerprint density at radius 1 is 0.886 bits per heavy atom. The van der Waals surface area contributed by atoms with Gasteiger partial charge in [-0.1, -0.05) is 72.3 Å². The van der Waals surface area contributed by atoms with Crippen LogP contribution in [-0.4, -0.2) is 22.0 Å². The molecule has 4 nitrogen and oxygen atoms in total. The number of fused-ring (bicyclic) bond motifs is 1. The Balaban J connectivity index is 1.42. The summed E-state index contributed by atoms with van der Waals surface area (Å²) in [6, 6.07) is 33.0. The van der Waals surface area contributed by atoms with Crippen LogP contribution in [0.1, 0.15) is 39.4 Å². The number of carbonyl (C=O) groups excluding carboxylic acids is 1. The van der Waals surface area contributed by atoms with Gasteiger partial charge in [-0.2, -0.15) is 0 Å². The van der Waals surface area contributed by atoms with Crippen LogP contribution in [-0.2, 0) is 7.05 Å². The summed E-state index contributed by atoms with van der Waals surface area (Å²) in [6.07, 6.45) is 2.80. The van der Waals surface area contributed by atoms with Crippen molar-refractivity contribution in [1.29, 1.82) is 0 Å². The van der Waals surface area contributed by atoms with Gasteiger partial charge in [0.1, 0.15) is 0 Å². The second kappa shape index (κ2) is 9.98. The Bertz CT molecular complexity index is 1420. The quantitative estimate of drug-likeness (QED) is 0.302. The number of aryl methyl sites for hydroxylation is 2. The predicted molar refractivity (Wildman–Crippen MR) is 143 cm³/mol. The number of nitrogens with one attached hydrogen (secondary N) is 1. The molecule has 2 heterocycles. The van der Waals surface area contributed by atoms with E-state index < -0.39 is 0 Å². The van der Waals surface area contributed by atoms with E-state index in [0.717, 1.165) is 34.3 Å². The zero-order chi connectivity index (χ0) is 24.2. The fourth-order valence-corrected chi connectivity index (χ4v) is 4.71. The van der Waals surface area contributed by atoms with Gasteiger partial charge in [0, 0.05) is 31.1 Å². The van der Waals surface area contributed by atoms with E-state index >= 15 is 0 Å². The average molecular weight is 460 g/mol. The maximum Gasteiger partial charge on any atom is 0.252 e. The molecule has 2 aromatic heterocycles. The van der Waals surface area contributed by atoms with Gasteiger partial charge in [-0.25, -0.2) is 4.98 Å². The van der Waals surface area contributed by atoms with Gasteiger partial charge in [0.15, 0.2) is 0 Å². The van der Waals surface area contributed by atoms with Crippen molar-refractivity contribution >= 4 is 16.8 Å². The third kappa shape index (κ3) is 4.87. The monoisotopic (exact) mass is 459 g/mol. The van der Waals surface area contributed by atoms with E-state index in [9.17, 15) is 4.79 Å². The van der Waals surface area contributed by atoms with Gasteiger partial charge in [-0.3, -0.25) is 4.79 Å². The molecular formula is C31H29N3O. The molecule has 5 rings (SSSR count). The molecule has 174 valence electrons. The molecule has 4 heteroatoms. The van der Waals surface area contributed by atoms with Crippen LogP contribution >= 0.6 is 0 Å². The van der Waals surface area contributed by atoms with Crippen molar-refractivity contribution in [1.82, 2.24) is 14.9 Å². The zero-order valence-electron chi connectivity index (χ0n) is 20.1. The lowest BCUT2D eigenvalue weighted by molar-refractivity contribution is 0.0954. The minimum Gasteiger partial charge on any atom is -0.352 e. The van der Waals surface area contributed by atoms with Crippen molar-refractivity contribution in [2.75, 3.05) is 6.54 Å². The first-order valence-corrected chi connectivity index (χ1v) is 12.0. The molecule has 5 aromatic rings. The van der Waals surface area contributed by atoms with Gasteiger partial charge in [0.05, 0.1) is 22.5 Å². The van der Waals surface area contributed by atoms with E-state index in [2.05, 4.69) is 53.8 Å². The minimum absolute atomic E-state index is 0.0710. The van der Waals surface area contributed by atoms with Crippen molar-refractivity contribution in [3.63, 3.8) is 0 Å². The van der Waals surface area contributed by atoms with Gasteiger partial charge in [0.2, 0.25) is 0 Å². The van der Waals surface area contributed by atoms with Crippen molar-refractivity contribution < 1.29 is 4.79 Å². The van der Waals surface area contributed by atoms with Crippen LogP contribution in [0.2, 0.25) is 0 Å². The molecule has 3 aromatic carbocycles. The van der Waals surface area contributed by atoms with E-state index in [0.29, 0.717) is 12.1 Å². The first-order chi connectivity index (χ1) is 17.1.